The van der Waals surface area contributed by atoms with E-state index < -0.39 is 18.0 Å². The third-order valence-electron chi connectivity index (χ3n) is 4.24. The van der Waals surface area contributed by atoms with Gasteiger partial charge in [0.05, 0.1) is 17.1 Å². The Morgan fingerprint density at radius 1 is 1.07 bits per heavy atom. The zero-order valence-electron chi connectivity index (χ0n) is 15.9. The minimum absolute atomic E-state index is 0.123. The molecule has 28 heavy (non-hydrogen) atoms. The molecule has 0 radical (unpaired) electrons. The molecule has 0 fully saturated rings. The van der Waals surface area contributed by atoms with Crippen LogP contribution in [0, 0.1) is 5.41 Å². The van der Waals surface area contributed by atoms with Gasteiger partial charge in [-0.3, -0.25) is 4.79 Å². The Bertz CT molecular complexity index is 972. The number of nitrogens with one attached hydrogen (secondary N) is 2. The summed E-state index contributed by atoms with van der Waals surface area (Å²) < 4.78 is 38.8. The van der Waals surface area contributed by atoms with E-state index in [9.17, 15) is 18.0 Å². The van der Waals surface area contributed by atoms with Crippen molar-refractivity contribution in [3.8, 4) is 0 Å². The molecule has 3 rings (SSSR count). The monoisotopic (exact) mass is 389 g/mol. The summed E-state index contributed by atoms with van der Waals surface area (Å²) in [5.41, 5.74) is 1.85. The minimum atomic E-state index is -4.54. The van der Waals surface area contributed by atoms with Gasteiger partial charge < -0.3 is 10.3 Å². The summed E-state index contributed by atoms with van der Waals surface area (Å²) in [5.74, 6) is -1.16. The summed E-state index contributed by atoms with van der Waals surface area (Å²) in [7, 11) is 0. The lowest BCUT2D eigenvalue weighted by atomic mass is 9.91. The maximum atomic E-state index is 12.9. The van der Waals surface area contributed by atoms with Gasteiger partial charge in [0.2, 0.25) is 11.7 Å². The number of amides is 1. The summed E-state index contributed by atoms with van der Waals surface area (Å²) >= 11 is 0. The molecule has 1 aromatic heterocycles. The number of imidazole rings is 1. The molecule has 3 aromatic rings. The number of hydrogen-bond donors (Lipinski definition) is 2. The maximum Gasteiger partial charge on any atom is 0.449 e. The normalized spacial score (nSPS) is 13.5. The Labute approximate surface area is 161 Å². The van der Waals surface area contributed by atoms with Crippen LogP contribution in [0.15, 0.2) is 48.5 Å². The van der Waals surface area contributed by atoms with Gasteiger partial charge in [-0.2, -0.15) is 13.2 Å². The van der Waals surface area contributed by atoms with Crippen LogP contribution in [0.1, 0.15) is 50.2 Å². The van der Waals surface area contributed by atoms with Crippen LogP contribution in [0.5, 0.6) is 0 Å². The van der Waals surface area contributed by atoms with Crippen LogP contribution in [0.25, 0.3) is 11.0 Å². The summed E-state index contributed by atoms with van der Waals surface area (Å²) in [6.07, 6.45) is -4.21. The van der Waals surface area contributed by atoms with E-state index >= 15 is 0 Å². The van der Waals surface area contributed by atoms with Crippen molar-refractivity contribution in [3.63, 3.8) is 0 Å². The predicted molar refractivity (Wildman–Crippen MR) is 102 cm³/mol. The summed E-state index contributed by atoms with van der Waals surface area (Å²) in [4.78, 5) is 18.5. The SMILES string of the molecule is CC(C)(C)CC(=O)N[C@@H](c1ccccc1)c1ccc2nc(C(F)(F)F)[nH]c2c1. The average molecular weight is 389 g/mol. The fourth-order valence-corrected chi connectivity index (χ4v) is 3.04. The van der Waals surface area contributed by atoms with E-state index in [1.54, 1.807) is 12.1 Å². The molecular weight excluding hydrogens is 367 g/mol. The number of nitrogens with zero attached hydrogens (tertiary/aromatic N) is 1. The van der Waals surface area contributed by atoms with Crippen LogP contribution in [-0.4, -0.2) is 15.9 Å². The van der Waals surface area contributed by atoms with Crippen molar-refractivity contribution in [1.82, 2.24) is 15.3 Å². The second kappa shape index (κ2) is 7.30. The molecule has 0 saturated carbocycles. The fourth-order valence-electron chi connectivity index (χ4n) is 3.04. The molecule has 148 valence electrons. The van der Waals surface area contributed by atoms with Crippen molar-refractivity contribution in [3.05, 3.63) is 65.5 Å². The maximum absolute atomic E-state index is 12.9. The third kappa shape index (κ3) is 4.71. The van der Waals surface area contributed by atoms with E-state index in [0.29, 0.717) is 12.0 Å². The first kappa shape index (κ1) is 19.9. The molecular formula is C21H22F3N3O. The highest BCUT2D eigenvalue weighted by molar-refractivity contribution is 5.79. The molecule has 0 saturated heterocycles. The molecule has 0 unspecified atom stereocenters. The molecule has 0 aliphatic heterocycles. The van der Waals surface area contributed by atoms with Gasteiger partial charge in [-0.05, 0) is 28.7 Å². The zero-order valence-corrected chi connectivity index (χ0v) is 15.9. The first-order chi connectivity index (χ1) is 13.0. The predicted octanol–water partition coefficient (Wildman–Crippen LogP) is 5.22. The minimum Gasteiger partial charge on any atom is -0.345 e. The Hall–Kier alpha value is -2.83. The number of carbonyl (C=O) groups excluding carboxylic acids is 1. The van der Waals surface area contributed by atoms with Gasteiger partial charge in [0, 0.05) is 6.42 Å². The number of aromatic nitrogens is 2. The number of hydrogen-bond acceptors (Lipinski definition) is 2. The number of fused-ring (bicyclic) bond motifs is 1. The topological polar surface area (TPSA) is 57.8 Å². The van der Waals surface area contributed by atoms with Crippen molar-refractivity contribution in [2.24, 2.45) is 5.41 Å². The van der Waals surface area contributed by atoms with Gasteiger partial charge >= 0.3 is 6.18 Å². The smallest absolute Gasteiger partial charge is 0.345 e. The van der Waals surface area contributed by atoms with E-state index in [0.717, 1.165) is 5.56 Å². The van der Waals surface area contributed by atoms with Crippen molar-refractivity contribution in [2.45, 2.75) is 39.4 Å². The molecule has 4 nitrogen and oxygen atoms in total. The Morgan fingerprint density at radius 3 is 2.36 bits per heavy atom. The van der Waals surface area contributed by atoms with E-state index in [1.165, 1.54) is 6.07 Å². The first-order valence-electron chi connectivity index (χ1n) is 8.94. The van der Waals surface area contributed by atoms with Crippen molar-refractivity contribution < 1.29 is 18.0 Å². The molecule has 2 N–H and O–H groups in total. The summed E-state index contributed by atoms with van der Waals surface area (Å²) in [5, 5.41) is 3.01. The second-order valence-corrected chi connectivity index (χ2v) is 8.01. The molecule has 1 amide bonds. The zero-order chi connectivity index (χ0) is 20.5. The lowest BCUT2D eigenvalue weighted by Crippen LogP contribution is -2.32. The Balaban J connectivity index is 1.99. The number of alkyl halides is 3. The number of rotatable bonds is 4. The van der Waals surface area contributed by atoms with Crippen molar-refractivity contribution >= 4 is 16.9 Å². The molecule has 0 aliphatic rings. The summed E-state index contributed by atoms with van der Waals surface area (Å²) in [6, 6.07) is 13.7. The van der Waals surface area contributed by atoms with E-state index in [1.807, 2.05) is 51.1 Å². The number of benzene rings is 2. The quantitative estimate of drug-likeness (QED) is 0.642. The van der Waals surface area contributed by atoms with Crippen LogP contribution in [-0.2, 0) is 11.0 Å². The lowest BCUT2D eigenvalue weighted by Gasteiger charge is -2.23. The Morgan fingerprint density at radius 2 is 1.75 bits per heavy atom. The third-order valence-corrected chi connectivity index (χ3v) is 4.24. The molecule has 1 heterocycles. The van der Waals surface area contributed by atoms with Gasteiger partial charge in [0.15, 0.2) is 0 Å². The van der Waals surface area contributed by atoms with E-state index in [2.05, 4.69) is 15.3 Å². The van der Waals surface area contributed by atoms with Gasteiger partial charge in [-0.15, -0.1) is 0 Å². The highest BCUT2D eigenvalue weighted by Gasteiger charge is 2.34. The molecule has 7 heteroatoms. The average Bonchev–Trinajstić information content (AvgIpc) is 3.02. The van der Waals surface area contributed by atoms with Crippen LogP contribution in [0.2, 0.25) is 0 Å². The largest absolute Gasteiger partial charge is 0.449 e. The van der Waals surface area contributed by atoms with Gasteiger partial charge in [-0.1, -0.05) is 57.2 Å². The highest BCUT2D eigenvalue weighted by atomic mass is 19.4. The van der Waals surface area contributed by atoms with Crippen LogP contribution < -0.4 is 5.32 Å². The molecule has 2 aromatic carbocycles. The van der Waals surface area contributed by atoms with E-state index in [-0.39, 0.29) is 22.4 Å². The van der Waals surface area contributed by atoms with Gasteiger partial charge in [-0.25, -0.2) is 4.98 Å². The summed E-state index contributed by atoms with van der Waals surface area (Å²) in [6.45, 7) is 5.91. The number of carbonyl (C=O) groups is 1. The van der Waals surface area contributed by atoms with Gasteiger partial charge in [0.1, 0.15) is 0 Å². The highest BCUT2D eigenvalue weighted by Crippen LogP contribution is 2.31. The van der Waals surface area contributed by atoms with Crippen LogP contribution in [0.4, 0.5) is 13.2 Å². The van der Waals surface area contributed by atoms with Crippen molar-refractivity contribution in [2.75, 3.05) is 0 Å². The lowest BCUT2D eigenvalue weighted by molar-refractivity contribution is -0.144. The van der Waals surface area contributed by atoms with Crippen LogP contribution >= 0.6 is 0 Å². The van der Waals surface area contributed by atoms with Gasteiger partial charge in [0.25, 0.3) is 0 Å². The number of aromatic amines is 1. The second-order valence-electron chi connectivity index (χ2n) is 8.01. The number of H-pyrrole nitrogens is 1. The fraction of sp³-hybridized carbons (Fsp3) is 0.333. The first-order valence-corrected chi connectivity index (χ1v) is 8.94. The van der Waals surface area contributed by atoms with Crippen LogP contribution in [0.3, 0.4) is 0 Å². The molecule has 0 spiro atoms. The van der Waals surface area contributed by atoms with E-state index in [4.69, 9.17) is 0 Å². The number of halogens is 3. The molecule has 0 bridgehead atoms. The Kier molecular flexibility index (Phi) is 5.19. The molecule has 0 aliphatic carbocycles. The standard InChI is InChI=1S/C21H22F3N3O/c1-20(2,3)12-17(28)27-18(13-7-5-4-6-8-13)14-9-10-15-16(11-14)26-19(25-15)21(22,23)24/h4-11,18H,12H2,1-3H3,(H,25,26)(H,27,28)/t18-/m0/s1. The van der Waals surface area contributed by atoms with Crippen molar-refractivity contribution in [1.29, 1.82) is 0 Å². The molecule has 1 atom stereocenters.